The van der Waals surface area contributed by atoms with Crippen LogP contribution in [0.1, 0.15) is 43.5 Å². The summed E-state index contributed by atoms with van der Waals surface area (Å²) in [4.78, 5) is 18.7. The van der Waals surface area contributed by atoms with Crippen LogP contribution in [0.2, 0.25) is 0 Å². The van der Waals surface area contributed by atoms with Gasteiger partial charge in [-0.1, -0.05) is 26.3 Å². The molecule has 1 amide bonds. The molecule has 2 rings (SSSR count). The maximum absolute atomic E-state index is 14.6. The number of aromatic nitrogens is 1. The van der Waals surface area contributed by atoms with Gasteiger partial charge >= 0.3 is 0 Å². The molecule has 2 unspecified atom stereocenters. The van der Waals surface area contributed by atoms with Gasteiger partial charge in [0.1, 0.15) is 17.2 Å². The second-order valence-corrected chi connectivity index (χ2v) is 7.29. The van der Waals surface area contributed by atoms with Crippen molar-refractivity contribution in [1.29, 1.82) is 5.41 Å². The summed E-state index contributed by atoms with van der Waals surface area (Å²) in [5.41, 5.74) is 2.72. The van der Waals surface area contributed by atoms with Gasteiger partial charge in [0.25, 0.3) is 5.91 Å². The van der Waals surface area contributed by atoms with Crippen molar-refractivity contribution in [2.75, 3.05) is 19.1 Å². The zero-order chi connectivity index (χ0) is 23.5. The fraction of sp³-hybridized carbons (Fsp3) is 0.391. The first kappa shape index (κ1) is 24.9. The van der Waals surface area contributed by atoms with Crippen LogP contribution in [-0.2, 0) is 0 Å². The molecular formula is C23H29F2N5O2. The van der Waals surface area contributed by atoms with Crippen LogP contribution in [0.15, 0.2) is 41.6 Å². The Hall–Kier alpha value is -3.36. The van der Waals surface area contributed by atoms with Gasteiger partial charge in [0.05, 0.1) is 24.7 Å². The summed E-state index contributed by atoms with van der Waals surface area (Å²) >= 11 is 0. The molecule has 0 saturated carbocycles. The highest BCUT2D eigenvalue weighted by Gasteiger charge is 2.30. The zero-order valence-corrected chi connectivity index (χ0v) is 18.5. The summed E-state index contributed by atoms with van der Waals surface area (Å²) in [6.07, 6.45) is 5.53. The fourth-order valence-corrected chi connectivity index (χ4v) is 3.63. The minimum atomic E-state index is -0.662. The van der Waals surface area contributed by atoms with Gasteiger partial charge in [-0.05, 0) is 31.0 Å². The number of nitrogens with one attached hydrogen (secondary N) is 2. The average molecular weight is 446 g/mol. The topological polar surface area (TPSA) is 90.7 Å². The monoisotopic (exact) mass is 445 g/mol. The number of hydrogen-bond donors (Lipinski definition) is 2. The Morgan fingerprint density at radius 2 is 2.09 bits per heavy atom. The summed E-state index contributed by atoms with van der Waals surface area (Å²) < 4.78 is 33.5. The number of hydrazone groups is 1. The van der Waals surface area contributed by atoms with Gasteiger partial charge in [-0.3, -0.25) is 10.2 Å². The Morgan fingerprint density at radius 3 is 2.72 bits per heavy atom. The first-order valence-corrected chi connectivity index (χ1v) is 10.5. The van der Waals surface area contributed by atoms with Crippen molar-refractivity contribution < 1.29 is 18.3 Å². The van der Waals surface area contributed by atoms with Gasteiger partial charge in [-0.15, -0.1) is 0 Å². The Morgan fingerprint density at radius 1 is 1.31 bits per heavy atom. The summed E-state index contributed by atoms with van der Waals surface area (Å²) in [5.74, 6) is -1.32. The number of anilines is 1. The van der Waals surface area contributed by atoms with Crippen molar-refractivity contribution in [3.63, 3.8) is 0 Å². The van der Waals surface area contributed by atoms with Crippen molar-refractivity contribution in [3.8, 4) is 5.88 Å². The van der Waals surface area contributed by atoms with Gasteiger partial charge in [-0.2, -0.15) is 5.10 Å². The summed E-state index contributed by atoms with van der Waals surface area (Å²) in [6, 6.07) is 6.77. The molecule has 0 spiro atoms. The number of pyridine rings is 1. The molecule has 0 fully saturated rings. The van der Waals surface area contributed by atoms with Crippen LogP contribution in [0.5, 0.6) is 5.88 Å². The number of hydrogen-bond acceptors (Lipinski definition) is 6. The molecule has 0 aliphatic rings. The molecule has 2 aromatic rings. The Bertz CT molecular complexity index is 921. The zero-order valence-electron chi connectivity index (χ0n) is 18.5. The lowest BCUT2D eigenvalue weighted by molar-refractivity contribution is 0.0600. The number of ether oxygens (including phenoxy) is 1. The molecule has 0 aliphatic carbocycles. The van der Waals surface area contributed by atoms with Crippen molar-refractivity contribution >= 4 is 24.0 Å². The van der Waals surface area contributed by atoms with E-state index < -0.39 is 17.5 Å². The molecule has 2 N–H and O–H groups in total. The van der Waals surface area contributed by atoms with E-state index in [1.54, 1.807) is 13.1 Å². The van der Waals surface area contributed by atoms with Gasteiger partial charge < -0.3 is 15.0 Å². The molecule has 7 nitrogen and oxygen atoms in total. The summed E-state index contributed by atoms with van der Waals surface area (Å²) in [5, 5.41) is 10.8. The molecule has 9 heteroatoms. The number of benzene rings is 1. The molecule has 0 bridgehead atoms. The summed E-state index contributed by atoms with van der Waals surface area (Å²) in [6.45, 7) is 4.29. The SMILES string of the molecule is CCCC(COc1ccc(F)cn1)C(CC)N(C)C(=O)c1c(F)cccc1N/N=C\C=N. The minimum Gasteiger partial charge on any atom is -0.477 e. The second kappa shape index (κ2) is 12.5. The third kappa shape index (κ3) is 6.57. The number of amides is 1. The highest BCUT2D eigenvalue weighted by Crippen LogP contribution is 2.26. The van der Waals surface area contributed by atoms with Gasteiger partial charge in [0, 0.05) is 31.3 Å². The highest BCUT2D eigenvalue weighted by molar-refractivity contribution is 6.14. The van der Waals surface area contributed by atoms with E-state index in [1.165, 1.54) is 35.4 Å². The van der Waals surface area contributed by atoms with Crippen LogP contribution in [0.3, 0.4) is 0 Å². The van der Waals surface area contributed by atoms with Crippen LogP contribution in [0.4, 0.5) is 14.5 Å². The van der Waals surface area contributed by atoms with E-state index in [-0.39, 0.29) is 29.8 Å². The molecule has 1 heterocycles. The van der Waals surface area contributed by atoms with E-state index in [4.69, 9.17) is 10.1 Å². The number of rotatable bonds is 12. The highest BCUT2D eigenvalue weighted by atomic mass is 19.1. The molecule has 1 aromatic carbocycles. The van der Waals surface area contributed by atoms with Gasteiger partial charge in [0.15, 0.2) is 0 Å². The van der Waals surface area contributed by atoms with Crippen LogP contribution in [-0.4, -0.2) is 47.9 Å². The maximum Gasteiger partial charge on any atom is 0.259 e. The van der Waals surface area contributed by atoms with Crippen LogP contribution in [0.25, 0.3) is 0 Å². The van der Waals surface area contributed by atoms with Crippen molar-refractivity contribution in [2.45, 2.75) is 39.2 Å². The lowest BCUT2D eigenvalue weighted by Gasteiger charge is -2.34. The van der Waals surface area contributed by atoms with Crippen molar-refractivity contribution in [2.24, 2.45) is 11.0 Å². The largest absolute Gasteiger partial charge is 0.477 e. The smallest absolute Gasteiger partial charge is 0.259 e. The van der Waals surface area contributed by atoms with E-state index in [0.29, 0.717) is 12.3 Å². The van der Waals surface area contributed by atoms with E-state index in [0.717, 1.165) is 25.3 Å². The molecule has 0 aliphatic heterocycles. The first-order valence-electron chi connectivity index (χ1n) is 10.5. The predicted molar refractivity (Wildman–Crippen MR) is 122 cm³/mol. The van der Waals surface area contributed by atoms with E-state index in [9.17, 15) is 13.6 Å². The third-order valence-electron chi connectivity index (χ3n) is 5.15. The third-order valence-corrected chi connectivity index (χ3v) is 5.15. The molecule has 0 radical (unpaired) electrons. The lowest BCUT2D eigenvalue weighted by Crippen LogP contribution is -2.44. The fourth-order valence-electron chi connectivity index (χ4n) is 3.63. The van der Waals surface area contributed by atoms with Gasteiger partial charge in [-0.25, -0.2) is 13.8 Å². The Labute approximate surface area is 187 Å². The molecule has 1 aromatic heterocycles. The van der Waals surface area contributed by atoms with Crippen LogP contribution in [0, 0.1) is 23.0 Å². The second-order valence-electron chi connectivity index (χ2n) is 7.29. The number of halogens is 2. The van der Waals surface area contributed by atoms with Crippen molar-refractivity contribution in [1.82, 2.24) is 9.88 Å². The van der Waals surface area contributed by atoms with E-state index in [2.05, 4.69) is 15.5 Å². The molecule has 2 atom stereocenters. The Kier molecular flexibility index (Phi) is 9.72. The van der Waals surface area contributed by atoms with E-state index in [1.807, 2.05) is 13.8 Å². The number of carbonyl (C=O) groups is 1. The number of nitrogens with zero attached hydrogens (tertiary/aromatic N) is 3. The molecule has 0 saturated heterocycles. The number of carbonyl (C=O) groups excluding carboxylic acids is 1. The first-order chi connectivity index (χ1) is 15.4. The predicted octanol–water partition coefficient (Wildman–Crippen LogP) is 4.75. The minimum absolute atomic E-state index is 0.0371. The van der Waals surface area contributed by atoms with E-state index >= 15 is 0 Å². The normalized spacial score (nSPS) is 12.9. The molecule has 32 heavy (non-hydrogen) atoms. The average Bonchev–Trinajstić information content (AvgIpc) is 2.78. The molecule has 172 valence electrons. The standard InChI is InChI=1S/C23H29F2N5O2/c1-4-7-16(15-32-21-11-10-17(24)14-27-21)20(5-2)30(3)23(31)22-18(25)8-6-9-19(22)29-28-13-12-26/h6,8-14,16,20,26,29H,4-5,7,15H2,1-3H3/b26-12?,28-13-. The molecular weight excluding hydrogens is 416 g/mol. The Balaban J connectivity index is 2.23. The van der Waals surface area contributed by atoms with Crippen molar-refractivity contribution in [3.05, 3.63) is 53.7 Å². The quantitative estimate of drug-likeness (QED) is 0.364. The lowest BCUT2D eigenvalue weighted by atomic mass is 9.92. The summed E-state index contributed by atoms with van der Waals surface area (Å²) in [7, 11) is 1.65. The maximum atomic E-state index is 14.6. The van der Waals surface area contributed by atoms with Crippen LogP contribution >= 0.6 is 0 Å². The van der Waals surface area contributed by atoms with Gasteiger partial charge in [0.2, 0.25) is 5.88 Å². The van der Waals surface area contributed by atoms with Crippen LogP contribution < -0.4 is 10.2 Å².